The van der Waals surface area contributed by atoms with Gasteiger partial charge in [-0.3, -0.25) is 0 Å². The van der Waals surface area contributed by atoms with Gasteiger partial charge in [-0.15, -0.1) is 5.11 Å². The molecule has 0 aliphatic rings. The van der Waals surface area contributed by atoms with Gasteiger partial charge in [0.1, 0.15) is 24.1 Å². The van der Waals surface area contributed by atoms with Gasteiger partial charge < -0.3 is 5.11 Å². The Labute approximate surface area is 150 Å². The molecule has 0 atom stereocenters. The van der Waals surface area contributed by atoms with Gasteiger partial charge in [-0.05, 0) is 29.8 Å². The molecule has 6 nitrogen and oxygen atoms in total. The molecule has 0 saturated heterocycles. The van der Waals surface area contributed by atoms with E-state index in [-0.39, 0.29) is 5.75 Å². The van der Waals surface area contributed by atoms with Crippen LogP contribution in [0.15, 0.2) is 95.7 Å². The molecule has 0 saturated carbocycles. The minimum atomic E-state index is 0.0908. The molecule has 0 radical (unpaired) electrons. The molecule has 0 spiro atoms. The van der Waals surface area contributed by atoms with E-state index in [1.807, 2.05) is 60.7 Å². The van der Waals surface area contributed by atoms with E-state index in [0.717, 1.165) is 16.8 Å². The Kier molecular flexibility index (Phi) is 4.22. The van der Waals surface area contributed by atoms with Gasteiger partial charge in [0.05, 0.1) is 11.4 Å². The third-order valence-electron chi connectivity index (χ3n) is 3.87. The maximum Gasteiger partial charge on any atom is 0.142 e. The van der Waals surface area contributed by atoms with Gasteiger partial charge in [0.15, 0.2) is 0 Å². The van der Waals surface area contributed by atoms with Crippen molar-refractivity contribution in [3.63, 3.8) is 0 Å². The van der Waals surface area contributed by atoms with Crippen LogP contribution >= 0.6 is 0 Å². The van der Waals surface area contributed by atoms with Crippen LogP contribution in [0, 0.1) is 0 Å². The van der Waals surface area contributed by atoms with Crippen molar-refractivity contribution in [1.82, 2.24) is 14.8 Å². The first-order chi connectivity index (χ1) is 12.8. The van der Waals surface area contributed by atoms with Gasteiger partial charge in [0.2, 0.25) is 0 Å². The standard InChI is InChI=1S/C20H15N5O/c26-20-11-17(15-7-3-1-4-8-15)18(12-19(20)25-14-21-13-22-25)24-23-16-9-5-2-6-10-16/h1-14,26H. The van der Waals surface area contributed by atoms with Crippen molar-refractivity contribution < 1.29 is 5.11 Å². The number of aromatic hydroxyl groups is 1. The molecule has 0 aliphatic carbocycles. The average Bonchev–Trinajstić information content (AvgIpc) is 3.23. The van der Waals surface area contributed by atoms with E-state index in [1.165, 1.54) is 17.3 Å². The van der Waals surface area contributed by atoms with E-state index in [0.29, 0.717) is 11.4 Å². The first-order valence-corrected chi connectivity index (χ1v) is 8.05. The molecule has 0 unspecified atom stereocenters. The summed E-state index contributed by atoms with van der Waals surface area (Å²) in [5.41, 5.74) is 3.59. The molecule has 0 aliphatic heterocycles. The van der Waals surface area contributed by atoms with Crippen LogP contribution in [0.3, 0.4) is 0 Å². The van der Waals surface area contributed by atoms with Crippen LogP contribution < -0.4 is 0 Å². The maximum atomic E-state index is 10.5. The highest BCUT2D eigenvalue weighted by molar-refractivity contribution is 5.79. The second kappa shape index (κ2) is 6.98. The van der Waals surface area contributed by atoms with E-state index in [1.54, 1.807) is 12.1 Å². The summed E-state index contributed by atoms with van der Waals surface area (Å²) in [6, 6.07) is 22.7. The van der Waals surface area contributed by atoms with Gasteiger partial charge in [0, 0.05) is 5.56 Å². The van der Waals surface area contributed by atoms with Crippen LogP contribution in [0.1, 0.15) is 0 Å². The molecule has 0 fully saturated rings. The lowest BCUT2D eigenvalue weighted by Crippen LogP contribution is -1.95. The SMILES string of the molecule is Oc1cc(-c2ccccc2)c(N=Nc2ccccc2)cc1-n1cncn1. The molecule has 0 amide bonds. The number of hydrogen-bond acceptors (Lipinski definition) is 5. The molecule has 0 bridgehead atoms. The third-order valence-corrected chi connectivity index (χ3v) is 3.87. The summed E-state index contributed by atoms with van der Waals surface area (Å²) in [4.78, 5) is 3.93. The molecule has 1 heterocycles. The van der Waals surface area contributed by atoms with Crippen molar-refractivity contribution in [3.05, 3.63) is 85.5 Å². The number of benzene rings is 3. The summed E-state index contributed by atoms with van der Waals surface area (Å²) in [5, 5.41) is 23.3. The second-order valence-corrected chi connectivity index (χ2v) is 5.60. The van der Waals surface area contributed by atoms with E-state index >= 15 is 0 Å². The van der Waals surface area contributed by atoms with Crippen LogP contribution in [0.4, 0.5) is 11.4 Å². The topological polar surface area (TPSA) is 75.7 Å². The summed E-state index contributed by atoms with van der Waals surface area (Å²) < 4.78 is 1.49. The van der Waals surface area contributed by atoms with Crippen molar-refractivity contribution in [2.24, 2.45) is 10.2 Å². The van der Waals surface area contributed by atoms with Crippen LogP contribution in [-0.2, 0) is 0 Å². The molecular formula is C20H15N5O. The van der Waals surface area contributed by atoms with Crippen LogP contribution in [-0.4, -0.2) is 19.9 Å². The minimum absolute atomic E-state index is 0.0908. The Bertz CT molecular complexity index is 1030. The van der Waals surface area contributed by atoms with Gasteiger partial charge in [0.25, 0.3) is 0 Å². The Balaban J connectivity index is 1.85. The van der Waals surface area contributed by atoms with Crippen molar-refractivity contribution in [2.75, 3.05) is 0 Å². The fourth-order valence-electron chi connectivity index (χ4n) is 2.62. The largest absolute Gasteiger partial charge is 0.506 e. The predicted octanol–water partition coefficient (Wildman–Crippen LogP) is 5.06. The Hall–Kier alpha value is -3.80. The van der Waals surface area contributed by atoms with Gasteiger partial charge in [-0.2, -0.15) is 10.2 Å². The van der Waals surface area contributed by atoms with Crippen molar-refractivity contribution >= 4 is 11.4 Å². The smallest absolute Gasteiger partial charge is 0.142 e. The molecule has 1 N–H and O–H groups in total. The summed E-state index contributed by atoms with van der Waals surface area (Å²) in [6.45, 7) is 0. The lowest BCUT2D eigenvalue weighted by atomic mass is 10.0. The van der Waals surface area contributed by atoms with Gasteiger partial charge >= 0.3 is 0 Å². The Morgan fingerprint density at radius 1 is 0.846 bits per heavy atom. The van der Waals surface area contributed by atoms with Crippen LogP contribution in [0.5, 0.6) is 5.75 Å². The number of aromatic nitrogens is 3. The van der Waals surface area contributed by atoms with Crippen LogP contribution in [0.25, 0.3) is 16.8 Å². The van der Waals surface area contributed by atoms with E-state index < -0.39 is 0 Å². The number of phenolic OH excluding ortho intramolecular Hbond substituents is 1. The fraction of sp³-hybridized carbons (Fsp3) is 0. The average molecular weight is 341 g/mol. The number of rotatable bonds is 4. The fourth-order valence-corrected chi connectivity index (χ4v) is 2.62. The zero-order chi connectivity index (χ0) is 17.8. The lowest BCUT2D eigenvalue weighted by molar-refractivity contribution is 0.470. The van der Waals surface area contributed by atoms with Crippen molar-refractivity contribution in [3.8, 4) is 22.6 Å². The number of nitrogens with zero attached hydrogens (tertiary/aromatic N) is 5. The van der Waals surface area contributed by atoms with Crippen LogP contribution in [0.2, 0.25) is 0 Å². The zero-order valence-electron chi connectivity index (χ0n) is 13.8. The van der Waals surface area contributed by atoms with Crippen molar-refractivity contribution in [2.45, 2.75) is 0 Å². The second-order valence-electron chi connectivity index (χ2n) is 5.60. The third kappa shape index (κ3) is 3.21. The number of azo groups is 1. The number of phenols is 1. The molecule has 4 aromatic rings. The molecule has 26 heavy (non-hydrogen) atoms. The summed E-state index contributed by atoms with van der Waals surface area (Å²) in [6.07, 6.45) is 2.94. The molecule has 126 valence electrons. The molecule has 1 aromatic heterocycles. The van der Waals surface area contributed by atoms with Crippen molar-refractivity contribution in [1.29, 1.82) is 0 Å². The number of hydrogen-bond donors (Lipinski definition) is 1. The minimum Gasteiger partial charge on any atom is -0.506 e. The summed E-state index contributed by atoms with van der Waals surface area (Å²) >= 11 is 0. The first-order valence-electron chi connectivity index (χ1n) is 8.05. The molecule has 6 heteroatoms. The Morgan fingerprint density at radius 2 is 1.58 bits per heavy atom. The quantitative estimate of drug-likeness (QED) is 0.527. The molecule has 4 rings (SSSR count). The normalized spacial score (nSPS) is 11.1. The van der Waals surface area contributed by atoms with Gasteiger partial charge in [-0.25, -0.2) is 9.67 Å². The summed E-state index contributed by atoms with van der Waals surface area (Å²) in [7, 11) is 0. The van der Waals surface area contributed by atoms with Gasteiger partial charge in [-0.1, -0.05) is 48.5 Å². The molecule has 3 aromatic carbocycles. The zero-order valence-corrected chi connectivity index (χ0v) is 13.8. The van der Waals surface area contributed by atoms with E-state index in [2.05, 4.69) is 20.3 Å². The molecular weight excluding hydrogens is 326 g/mol. The Morgan fingerprint density at radius 3 is 2.27 bits per heavy atom. The highest BCUT2D eigenvalue weighted by Crippen LogP contribution is 2.38. The lowest BCUT2D eigenvalue weighted by Gasteiger charge is -2.10. The van der Waals surface area contributed by atoms with E-state index in [4.69, 9.17) is 0 Å². The predicted molar refractivity (Wildman–Crippen MR) is 99.1 cm³/mol. The maximum absolute atomic E-state index is 10.5. The summed E-state index contributed by atoms with van der Waals surface area (Å²) in [5.74, 6) is 0.0908. The van der Waals surface area contributed by atoms with E-state index in [9.17, 15) is 5.11 Å². The highest BCUT2D eigenvalue weighted by Gasteiger charge is 2.13. The highest BCUT2D eigenvalue weighted by atomic mass is 16.3. The first kappa shape index (κ1) is 15.7. The monoisotopic (exact) mass is 341 g/mol.